The molecule has 0 atom stereocenters. The number of carbonyl (C=O) groups is 1. The zero-order valence-electron chi connectivity index (χ0n) is 21.2. The maximum absolute atomic E-state index is 12.6. The van der Waals surface area contributed by atoms with Gasteiger partial charge in [0.05, 0.1) is 4.90 Å². The molecule has 3 aromatic carbocycles. The molecule has 36 heavy (non-hydrogen) atoms. The summed E-state index contributed by atoms with van der Waals surface area (Å²) in [6, 6.07) is 24.2. The van der Waals surface area contributed by atoms with E-state index >= 15 is 0 Å². The second-order valence-electron chi connectivity index (χ2n) is 9.06. The van der Waals surface area contributed by atoms with Gasteiger partial charge in [-0.15, -0.1) is 0 Å². The van der Waals surface area contributed by atoms with Crippen molar-refractivity contribution in [3.05, 3.63) is 101 Å². The van der Waals surface area contributed by atoms with E-state index in [0.29, 0.717) is 12.1 Å². The van der Waals surface area contributed by atoms with E-state index in [1.54, 1.807) is 48.5 Å². The SMILES string of the molecule is CCCCN(CCCNC(=O)c1ccc(CNS(=O)(=O)c2ccc(C)cc2)cc1)Cc1ccccc1. The Morgan fingerprint density at radius 3 is 2.17 bits per heavy atom. The molecular weight excluding hydrogens is 470 g/mol. The number of nitrogens with one attached hydrogen (secondary N) is 2. The van der Waals surface area contributed by atoms with E-state index in [9.17, 15) is 13.2 Å². The van der Waals surface area contributed by atoms with Crippen LogP contribution in [0, 0.1) is 6.92 Å². The summed E-state index contributed by atoms with van der Waals surface area (Å²) in [5, 5.41) is 3.00. The third-order valence-corrected chi connectivity index (χ3v) is 7.44. The fourth-order valence-electron chi connectivity index (χ4n) is 3.85. The van der Waals surface area contributed by atoms with Crippen LogP contribution in [0.15, 0.2) is 83.8 Å². The highest BCUT2D eigenvalue weighted by molar-refractivity contribution is 7.89. The van der Waals surface area contributed by atoms with E-state index < -0.39 is 10.0 Å². The first kappa shape index (κ1) is 27.6. The highest BCUT2D eigenvalue weighted by atomic mass is 32.2. The number of amides is 1. The monoisotopic (exact) mass is 507 g/mol. The Hall–Kier alpha value is -3.00. The van der Waals surface area contributed by atoms with Crippen LogP contribution in [-0.2, 0) is 23.1 Å². The van der Waals surface area contributed by atoms with Gasteiger partial charge < -0.3 is 5.32 Å². The fourth-order valence-corrected chi connectivity index (χ4v) is 4.87. The smallest absolute Gasteiger partial charge is 0.251 e. The van der Waals surface area contributed by atoms with Gasteiger partial charge >= 0.3 is 0 Å². The molecule has 2 N–H and O–H groups in total. The molecule has 0 aliphatic rings. The standard InChI is InChI=1S/C29H37N3O3S/c1-3-4-20-32(23-26-9-6-5-7-10-26)21-8-19-30-29(33)27-15-13-25(14-16-27)22-31-36(34,35)28-17-11-24(2)12-18-28/h5-7,9-18,31H,3-4,8,19-23H2,1-2H3,(H,30,33). The van der Waals surface area contributed by atoms with Crippen molar-refractivity contribution in [2.75, 3.05) is 19.6 Å². The minimum absolute atomic E-state index is 0.120. The first-order chi connectivity index (χ1) is 17.4. The molecule has 3 aromatic rings. The predicted octanol–water partition coefficient (Wildman–Crippen LogP) is 4.90. The van der Waals surface area contributed by atoms with Gasteiger partial charge in [0.15, 0.2) is 0 Å². The van der Waals surface area contributed by atoms with E-state index in [0.717, 1.165) is 50.0 Å². The van der Waals surface area contributed by atoms with Crippen molar-refractivity contribution in [2.24, 2.45) is 0 Å². The van der Waals surface area contributed by atoms with Crippen LogP contribution in [-0.4, -0.2) is 38.9 Å². The molecule has 3 rings (SSSR count). The molecule has 0 saturated heterocycles. The number of benzene rings is 3. The van der Waals surface area contributed by atoms with E-state index in [1.807, 2.05) is 13.0 Å². The van der Waals surface area contributed by atoms with Crippen LogP contribution in [0.4, 0.5) is 0 Å². The lowest BCUT2D eigenvalue weighted by Gasteiger charge is -2.22. The van der Waals surface area contributed by atoms with Crippen LogP contribution in [0.3, 0.4) is 0 Å². The molecule has 0 bridgehead atoms. The average Bonchev–Trinajstić information content (AvgIpc) is 2.89. The average molecular weight is 508 g/mol. The summed E-state index contributed by atoms with van der Waals surface area (Å²) >= 11 is 0. The maximum Gasteiger partial charge on any atom is 0.251 e. The normalized spacial score (nSPS) is 11.5. The van der Waals surface area contributed by atoms with Crippen LogP contribution < -0.4 is 10.0 Å². The molecule has 0 aromatic heterocycles. The van der Waals surface area contributed by atoms with Crippen LogP contribution in [0.2, 0.25) is 0 Å². The molecular formula is C29H37N3O3S. The number of hydrogen-bond donors (Lipinski definition) is 2. The van der Waals surface area contributed by atoms with Crippen molar-refractivity contribution in [1.82, 2.24) is 14.9 Å². The molecule has 1 amide bonds. The Morgan fingerprint density at radius 2 is 1.50 bits per heavy atom. The van der Waals surface area contributed by atoms with Gasteiger partial charge in [-0.25, -0.2) is 13.1 Å². The van der Waals surface area contributed by atoms with Gasteiger partial charge in [-0.05, 0) is 61.7 Å². The number of aryl methyl sites for hydroxylation is 1. The molecule has 0 fully saturated rings. The number of carbonyl (C=O) groups excluding carboxylic acids is 1. The number of unbranched alkanes of at least 4 members (excludes halogenated alkanes) is 1. The quantitative estimate of drug-likeness (QED) is 0.304. The minimum Gasteiger partial charge on any atom is -0.352 e. The highest BCUT2D eigenvalue weighted by Crippen LogP contribution is 2.12. The highest BCUT2D eigenvalue weighted by Gasteiger charge is 2.13. The van der Waals surface area contributed by atoms with E-state index in [-0.39, 0.29) is 17.3 Å². The van der Waals surface area contributed by atoms with E-state index in [1.165, 1.54) is 5.56 Å². The lowest BCUT2D eigenvalue weighted by molar-refractivity contribution is 0.0951. The molecule has 0 saturated carbocycles. The molecule has 0 aliphatic carbocycles. The fraction of sp³-hybridized carbons (Fsp3) is 0.345. The van der Waals surface area contributed by atoms with Crippen molar-refractivity contribution in [1.29, 1.82) is 0 Å². The maximum atomic E-state index is 12.6. The molecule has 0 spiro atoms. The molecule has 6 nitrogen and oxygen atoms in total. The second-order valence-corrected chi connectivity index (χ2v) is 10.8. The zero-order chi connectivity index (χ0) is 25.8. The first-order valence-corrected chi connectivity index (χ1v) is 14.1. The lowest BCUT2D eigenvalue weighted by Crippen LogP contribution is -2.30. The Bertz CT molecular complexity index is 1180. The summed E-state index contributed by atoms with van der Waals surface area (Å²) in [5.41, 5.74) is 3.66. The largest absolute Gasteiger partial charge is 0.352 e. The lowest BCUT2D eigenvalue weighted by atomic mass is 10.1. The van der Waals surface area contributed by atoms with Gasteiger partial charge in [-0.3, -0.25) is 9.69 Å². The molecule has 0 heterocycles. The summed E-state index contributed by atoms with van der Waals surface area (Å²) < 4.78 is 27.5. The third kappa shape index (κ3) is 8.90. The van der Waals surface area contributed by atoms with Crippen LogP contribution >= 0.6 is 0 Å². The molecule has 0 radical (unpaired) electrons. The van der Waals surface area contributed by atoms with Crippen molar-refractivity contribution < 1.29 is 13.2 Å². The zero-order valence-corrected chi connectivity index (χ0v) is 22.1. The Morgan fingerprint density at radius 1 is 0.833 bits per heavy atom. The van der Waals surface area contributed by atoms with Crippen molar-refractivity contribution >= 4 is 15.9 Å². The Balaban J connectivity index is 1.43. The van der Waals surface area contributed by atoms with Crippen LogP contribution in [0.1, 0.15) is 53.2 Å². The molecule has 192 valence electrons. The summed E-state index contributed by atoms with van der Waals surface area (Å²) in [6.07, 6.45) is 3.19. The van der Waals surface area contributed by atoms with E-state index in [4.69, 9.17) is 0 Å². The van der Waals surface area contributed by atoms with Gasteiger partial charge in [0.25, 0.3) is 5.91 Å². The summed E-state index contributed by atoms with van der Waals surface area (Å²) in [4.78, 5) is 15.2. The van der Waals surface area contributed by atoms with Crippen molar-refractivity contribution in [3.8, 4) is 0 Å². The van der Waals surface area contributed by atoms with Gasteiger partial charge in [0.1, 0.15) is 0 Å². The van der Waals surface area contributed by atoms with Crippen LogP contribution in [0.5, 0.6) is 0 Å². The summed E-state index contributed by atoms with van der Waals surface area (Å²) in [5.74, 6) is -0.120. The molecule has 0 aliphatic heterocycles. The molecule has 0 unspecified atom stereocenters. The van der Waals surface area contributed by atoms with Gasteiger partial charge in [0, 0.05) is 31.7 Å². The van der Waals surface area contributed by atoms with Crippen LogP contribution in [0.25, 0.3) is 0 Å². The number of sulfonamides is 1. The predicted molar refractivity (Wildman–Crippen MR) is 145 cm³/mol. The Labute approximate surface area is 215 Å². The van der Waals surface area contributed by atoms with Crippen molar-refractivity contribution in [2.45, 2.75) is 51.1 Å². The topological polar surface area (TPSA) is 78.5 Å². The minimum atomic E-state index is -3.58. The second kappa shape index (κ2) is 13.9. The van der Waals surface area contributed by atoms with Gasteiger partial charge in [-0.2, -0.15) is 0 Å². The summed E-state index contributed by atoms with van der Waals surface area (Å²) in [7, 11) is -3.58. The number of nitrogens with zero attached hydrogens (tertiary/aromatic N) is 1. The first-order valence-electron chi connectivity index (χ1n) is 12.6. The third-order valence-electron chi connectivity index (χ3n) is 6.03. The Kier molecular flexibility index (Phi) is 10.7. The van der Waals surface area contributed by atoms with Gasteiger partial charge in [-0.1, -0.05) is 73.5 Å². The van der Waals surface area contributed by atoms with E-state index in [2.05, 4.69) is 46.1 Å². The number of hydrogen-bond acceptors (Lipinski definition) is 4. The van der Waals surface area contributed by atoms with Gasteiger partial charge in [0.2, 0.25) is 10.0 Å². The number of rotatable bonds is 14. The summed E-state index contributed by atoms with van der Waals surface area (Å²) in [6.45, 7) is 7.77. The molecule has 7 heteroatoms. The van der Waals surface area contributed by atoms with Crippen molar-refractivity contribution in [3.63, 3.8) is 0 Å².